The summed E-state index contributed by atoms with van der Waals surface area (Å²) in [7, 11) is 0. The van der Waals surface area contributed by atoms with Crippen LogP contribution in [0.5, 0.6) is 0 Å². The molecule has 20 aromatic carbocycles. The van der Waals surface area contributed by atoms with Crippen molar-refractivity contribution >= 4 is 188 Å². The maximum Gasteiger partial charge on any atom is 0.0620 e. The lowest BCUT2D eigenvalue weighted by atomic mass is 9.87. The van der Waals surface area contributed by atoms with Gasteiger partial charge in [-0.1, -0.05) is 275 Å². The van der Waals surface area contributed by atoms with Gasteiger partial charge in [0.1, 0.15) is 0 Å². The van der Waals surface area contributed by atoms with Gasteiger partial charge in [-0.2, -0.15) is 0 Å². The number of hydrogen-bond acceptors (Lipinski definition) is 4. The predicted octanol–water partition coefficient (Wildman–Crippen LogP) is 36.3. The van der Waals surface area contributed by atoms with Crippen molar-refractivity contribution in [2.45, 2.75) is 91.9 Å². The van der Waals surface area contributed by atoms with Crippen LogP contribution in [-0.4, -0.2) is 8.80 Å². The van der Waals surface area contributed by atoms with E-state index in [1.807, 2.05) is 0 Å². The van der Waals surface area contributed by atoms with Crippen LogP contribution in [0.2, 0.25) is 0 Å². The fourth-order valence-corrected chi connectivity index (χ4v) is 20.5. The van der Waals surface area contributed by atoms with E-state index in [1.165, 1.54) is 164 Å². The first-order valence-electron chi connectivity index (χ1n) is 46.5. The van der Waals surface area contributed by atoms with E-state index in [9.17, 15) is 0 Å². The summed E-state index contributed by atoms with van der Waals surface area (Å²) in [6.07, 6.45) is 0. The Kier molecular flexibility index (Phi) is 19.7. The van der Waals surface area contributed by atoms with E-state index in [1.54, 1.807) is 0 Å². The van der Waals surface area contributed by atoms with Gasteiger partial charge in [0.15, 0.2) is 0 Å². The Hall–Kier alpha value is -15.8. The van der Waals surface area contributed by atoms with E-state index in [4.69, 9.17) is 0 Å². The van der Waals surface area contributed by atoms with Crippen LogP contribution in [0.1, 0.15) is 103 Å². The molecular formula is C126H102N6. The topological polar surface area (TPSA) is 21.8 Å². The van der Waals surface area contributed by atoms with Crippen molar-refractivity contribution < 1.29 is 0 Å². The summed E-state index contributed by atoms with van der Waals surface area (Å²) in [5, 5.41) is 19.9. The molecule has 0 spiro atoms. The maximum absolute atomic E-state index is 2.54. The van der Waals surface area contributed by atoms with Crippen LogP contribution in [-0.2, 0) is 10.8 Å². The minimum Gasteiger partial charge on any atom is -0.310 e. The highest BCUT2D eigenvalue weighted by Crippen LogP contribution is 2.51. The van der Waals surface area contributed by atoms with Gasteiger partial charge in [-0.15, -0.1) is 0 Å². The SMILES string of the molecule is CC(C)(C)c1ccc(N(c2ccccc2)c2ccc3cc4c5cc(-c6ccccc6)cc6c7cc8ccc(N(c9ccccc9)c9ccc(C(C)(C)C)cc9)cc8cc7n(c4cc3c2)c56)cc1.CC(C)c1ccc(N(c2ccccc2)c2ccc3cc4c5cc(-c6ccccc6)cc6c7cc8ccc(N(c9ccccc9)c9ccc(C(C)C)cc9)cc8cc7n(c4cc3c2)c56)cc1. The van der Waals surface area contributed by atoms with Gasteiger partial charge in [-0.05, 0) is 329 Å². The minimum absolute atomic E-state index is 0.0724. The van der Waals surface area contributed by atoms with E-state index in [0.717, 1.165) is 68.2 Å². The van der Waals surface area contributed by atoms with E-state index in [0.29, 0.717) is 11.8 Å². The first-order valence-corrected chi connectivity index (χ1v) is 46.5. The third-order valence-electron chi connectivity index (χ3n) is 27.5. The van der Waals surface area contributed by atoms with Crippen molar-refractivity contribution in [2.24, 2.45) is 0 Å². The molecule has 4 aromatic heterocycles. The lowest BCUT2D eigenvalue weighted by Gasteiger charge is -2.27. The van der Waals surface area contributed by atoms with Crippen LogP contribution in [0.25, 0.3) is 142 Å². The third-order valence-corrected chi connectivity index (χ3v) is 27.5. The summed E-state index contributed by atoms with van der Waals surface area (Å²) in [6.45, 7) is 22.6. The molecule has 0 bridgehead atoms. The molecule has 0 N–H and O–H groups in total. The summed E-state index contributed by atoms with van der Waals surface area (Å²) in [4.78, 5) is 9.51. The standard InChI is InChI=1S/C64H53N3.C62H49N3/c1-63(2,3)48-24-30-52(31-25-48)65(50-18-12-8-13-19-50)54-28-22-43-36-56-58-38-47(42-16-10-7-11-17-42)39-59-57-37-44-23-29-55(35-46(44)41-61(57)67(62(58)59)60(56)40-45(43)34-54)66(51-20-14-9-15-21-51)53-32-26-49(27-33-53)64(4,5)6;1-40(2)42-20-26-52(27-21-42)63(50-16-10-6-11-17-50)54-30-24-45-34-56-58-36-49(44-14-8-5-9-15-44)37-59-57-35-46-25-31-55(33-48(46)39-61(57)65(62(58)59)60(56)38-47(45)32-54)64(51-18-12-7-13-19-51)53-28-22-43(23-29-53)41(3)4/h7-41H,1-6H3;5-41H,1-4H3. The Morgan fingerprint density at radius 2 is 0.394 bits per heavy atom. The maximum atomic E-state index is 2.54. The molecule has 4 heterocycles. The van der Waals surface area contributed by atoms with E-state index in [2.05, 4.69) is 522 Å². The number of anilines is 12. The highest BCUT2D eigenvalue weighted by Gasteiger charge is 2.28. The number of nitrogens with zero attached hydrogens (tertiary/aromatic N) is 6. The Bertz CT molecular complexity index is 8020. The largest absolute Gasteiger partial charge is 0.310 e. The second kappa shape index (κ2) is 32.2. The fourth-order valence-electron chi connectivity index (χ4n) is 20.5. The highest BCUT2D eigenvalue weighted by atomic mass is 15.2. The Morgan fingerprint density at radius 3 is 0.621 bits per heavy atom. The Balaban J connectivity index is 0.000000150. The number of fused-ring (bicyclic) bond motifs is 16. The molecule has 0 aliphatic carbocycles. The number of aromatic nitrogens is 2. The van der Waals surface area contributed by atoms with Gasteiger partial charge < -0.3 is 28.4 Å². The van der Waals surface area contributed by atoms with Crippen molar-refractivity contribution in [1.82, 2.24) is 8.80 Å². The van der Waals surface area contributed by atoms with E-state index < -0.39 is 0 Å². The zero-order chi connectivity index (χ0) is 89.4. The molecule has 6 heteroatoms. The van der Waals surface area contributed by atoms with Crippen molar-refractivity contribution in [2.75, 3.05) is 19.6 Å². The van der Waals surface area contributed by atoms with Gasteiger partial charge in [0.05, 0.1) is 33.1 Å². The van der Waals surface area contributed by atoms with Crippen LogP contribution in [0, 0.1) is 0 Å². The van der Waals surface area contributed by atoms with Crippen molar-refractivity contribution in [1.29, 1.82) is 0 Å². The summed E-state index contributed by atoms with van der Waals surface area (Å²) >= 11 is 0. The second-order valence-corrected chi connectivity index (χ2v) is 38.6. The molecule has 0 amide bonds. The van der Waals surface area contributed by atoms with Crippen LogP contribution in [0.3, 0.4) is 0 Å². The number of para-hydroxylation sites is 4. The van der Waals surface area contributed by atoms with Gasteiger partial charge in [-0.25, -0.2) is 0 Å². The molecule has 24 aromatic rings. The molecule has 6 nitrogen and oxygen atoms in total. The minimum atomic E-state index is 0.0724. The van der Waals surface area contributed by atoms with Crippen LogP contribution in [0.4, 0.5) is 68.2 Å². The molecule has 24 rings (SSSR count). The summed E-state index contributed by atoms with van der Waals surface area (Å²) in [5.41, 5.74) is 31.4. The van der Waals surface area contributed by atoms with Crippen LogP contribution < -0.4 is 19.6 Å². The normalized spacial score (nSPS) is 12.2. The van der Waals surface area contributed by atoms with Gasteiger partial charge in [0.2, 0.25) is 0 Å². The van der Waals surface area contributed by atoms with Crippen LogP contribution >= 0.6 is 0 Å². The average molecular weight is 1700 g/mol. The molecule has 132 heavy (non-hydrogen) atoms. The van der Waals surface area contributed by atoms with Gasteiger partial charge in [0, 0.05) is 111 Å². The number of benzene rings is 20. The van der Waals surface area contributed by atoms with Crippen molar-refractivity contribution in [3.05, 3.63) is 447 Å². The molecule has 0 fully saturated rings. The first kappa shape index (κ1) is 80.8. The Labute approximate surface area is 771 Å². The first-order chi connectivity index (χ1) is 64.3. The Morgan fingerprint density at radius 1 is 0.182 bits per heavy atom. The summed E-state index contributed by atoms with van der Waals surface area (Å²) in [5.74, 6) is 0.940. The van der Waals surface area contributed by atoms with E-state index >= 15 is 0 Å². The molecule has 0 unspecified atom stereocenters. The quantitative estimate of drug-likeness (QED) is 0.0961. The average Bonchev–Trinajstić information content (AvgIpc) is 1.53. The molecule has 0 saturated carbocycles. The van der Waals surface area contributed by atoms with Crippen LogP contribution in [0.15, 0.2) is 425 Å². The van der Waals surface area contributed by atoms with E-state index in [-0.39, 0.29) is 10.8 Å². The fraction of sp³-hybridized carbons (Fsp3) is 0.111. The summed E-state index contributed by atoms with van der Waals surface area (Å²) < 4.78 is 5.09. The third kappa shape index (κ3) is 14.3. The number of rotatable bonds is 16. The predicted molar refractivity (Wildman–Crippen MR) is 567 cm³/mol. The zero-order valence-electron chi connectivity index (χ0n) is 76.3. The molecule has 0 radical (unpaired) electrons. The monoisotopic (exact) mass is 1700 g/mol. The molecular weight excluding hydrogens is 1600 g/mol. The highest BCUT2D eigenvalue weighted by molar-refractivity contribution is 6.29. The van der Waals surface area contributed by atoms with Gasteiger partial charge >= 0.3 is 0 Å². The molecule has 0 saturated heterocycles. The van der Waals surface area contributed by atoms with Gasteiger partial charge in [0.25, 0.3) is 0 Å². The lowest BCUT2D eigenvalue weighted by Crippen LogP contribution is -2.13. The van der Waals surface area contributed by atoms with Crippen molar-refractivity contribution in [3.8, 4) is 22.3 Å². The molecule has 0 aliphatic rings. The molecule has 0 atom stereocenters. The van der Waals surface area contributed by atoms with Gasteiger partial charge in [-0.3, -0.25) is 0 Å². The van der Waals surface area contributed by atoms with Crippen molar-refractivity contribution in [3.63, 3.8) is 0 Å². The smallest absolute Gasteiger partial charge is 0.0620 e. The number of hydrogen-bond donors (Lipinski definition) is 0. The molecule has 0 aliphatic heterocycles. The zero-order valence-corrected chi connectivity index (χ0v) is 76.3. The lowest BCUT2D eigenvalue weighted by molar-refractivity contribution is 0.590. The summed E-state index contributed by atoms with van der Waals surface area (Å²) in [6, 6.07) is 158. The molecule has 636 valence electrons. The second-order valence-electron chi connectivity index (χ2n) is 38.6.